The highest BCUT2D eigenvalue weighted by atomic mass is 16.5. The predicted octanol–water partition coefficient (Wildman–Crippen LogP) is 1.09. The van der Waals surface area contributed by atoms with Crippen LogP contribution in [0.3, 0.4) is 0 Å². The summed E-state index contributed by atoms with van der Waals surface area (Å²) >= 11 is 0. The van der Waals surface area contributed by atoms with Crippen LogP contribution in [0, 0.1) is 0 Å². The molecule has 1 saturated heterocycles. The van der Waals surface area contributed by atoms with Crippen molar-refractivity contribution < 1.29 is 4.74 Å². The predicted molar refractivity (Wildman–Crippen MR) is 81.8 cm³/mol. The van der Waals surface area contributed by atoms with E-state index in [1.165, 1.54) is 5.56 Å². The summed E-state index contributed by atoms with van der Waals surface area (Å²) in [4.78, 5) is 9.10. The van der Waals surface area contributed by atoms with E-state index in [1.54, 1.807) is 0 Å². The lowest BCUT2D eigenvalue weighted by Crippen LogP contribution is -2.45. The monoisotopic (exact) mass is 278 g/mol. The Morgan fingerprint density at radius 1 is 1.50 bits per heavy atom. The third-order valence-electron chi connectivity index (χ3n) is 3.84. The molecule has 0 aromatic carbocycles. The molecular formula is C15H26N4O. The summed E-state index contributed by atoms with van der Waals surface area (Å²) in [6, 6.07) is 4.71. The SMILES string of the molecule is CC(C)N(C)c1ccc(CN2CCOC(CN)C2)cn1. The number of rotatable bonds is 5. The van der Waals surface area contributed by atoms with Crippen molar-refractivity contribution >= 4 is 5.82 Å². The number of hydrogen-bond donors (Lipinski definition) is 1. The van der Waals surface area contributed by atoms with E-state index in [0.29, 0.717) is 12.6 Å². The number of hydrogen-bond acceptors (Lipinski definition) is 5. The highest BCUT2D eigenvalue weighted by Crippen LogP contribution is 2.14. The maximum Gasteiger partial charge on any atom is 0.128 e. The van der Waals surface area contributed by atoms with Crippen LogP contribution in [-0.2, 0) is 11.3 Å². The second-order valence-electron chi connectivity index (χ2n) is 5.69. The number of nitrogens with zero attached hydrogens (tertiary/aromatic N) is 3. The molecule has 1 atom stereocenters. The molecule has 1 aliphatic heterocycles. The van der Waals surface area contributed by atoms with E-state index < -0.39 is 0 Å². The fourth-order valence-electron chi connectivity index (χ4n) is 2.31. The van der Waals surface area contributed by atoms with E-state index >= 15 is 0 Å². The number of anilines is 1. The average Bonchev–Trinajstić information content (AvgIpc) is 2.47. The number of aromatic nitrogens is 1. The Morgan fingerprint density at radius 3 is 2.90 bits per heavy atom. The third kappa shape index (κ3) is 3.91. The minimum Gasteiger partial charge on any atom is -0.374 e. The number of ether oxygens (including phenoxy) is 1. The van der Waals surface area contributed by atoms with Crippen LogP contribution >= 0.6 is 0 Å². The second-order valence-corrected chi connectivity index (χ2v) is 5.69. The molecular weight excluding hydrogens is 252 g/mol. The van der Waals surface area contributed by atoms with Gasteiger partial charge in [-0.15, -0.1) is 0 Å². The van der Waals surface area contributed by atoms with Gasteiger partial charge >= 0.3 is 0 Å². The van der Waals surface area contributed by atoms with Gasteiger partial charge in [-0.1, -0.05) is 6.07 Å². The van der Waals surface area contributed by atoms with E-state index in [0.717, 1.165) is 32.1 Å². The molecule has 0 aliphatic carbocycles. The molecule has 0 amide bonds. The van der Waals surface area contributed by atoms with E-state index in [1.807, 2.05) is 6.20 Å². The second kappa shape index (κ2) is 7.02. The zero-order valence-corrected chi connectivity index (χ0v) is 12.7. The smallest absolute Gasteiger partial charge is 0.128 e. The zero-order chi connectivity index (χ0) is 14.5. The molecule has 2 heterocycles. The molecule has 1 aliphatic rings. The molecule has 112 valence electrons. The minimum atomic E-state index is 0.169. The number of nitrogens with two attached hydrogens (primary N) is 1. The molecule has 2 N–H and O–H groups in total. The molecule has 1 fully saturated rings. The Labute approximate surface area is 121 Å². The Bertz CT molecular complexity index is 407. The maximum atomic E-state index is 5.67. The van der Waals surface area contributed by atoms with Crippen molar-refractivity contribution in [3.05, 3.63) is 23.9 Å². The molecule has 0 saturated carbocycles. The maximum absolute atomic E-state index is 5.67. The summed E-state index contributed by atoms with van der Waals surface area (Å²) in [5.41, 5.74) is 6.91. The summed E-state index contributed by atoms with van der Waals surface area (Å²) in [7, 11) is 2.07. The normalized spacial score (nSPS) is 20.4. The molecule has 1 unspecified atom stereocenters. The Hall–Kier alpha value is -1.17. The molecule has 0 radical (unpaired) electrons. The van der Waals surface area contributed by atoms with Crippen LogP contribution < -0.4 is 10.6 Å². The highest BCUT2D eigenvalue weighted by molar-refractivity contribution is 5.39. The molecule has 1 aromatic rings. The summed E-state index contributed by atoms with van der Waals surface area (Å²) in [5, 5.41) is 0. The van der Waals surface area contributed by atoms with Crippen LogP contribution in [0.25, 0.3) is 0 Å². The quantitative estimate of drug-likeness (QED) is 0.873. The lowest BCUT2D eigenvalue weighted by atomic mass is 10.2. The van der Waals surface area contributed by atoms with Gasteiger partial charge in [0, 0.05) is 45.5 Å². The van der Waals surface area contributed by atoms with Gasteiger partial charge in [0.2, 0.25) is 0 Å². The van der Waals surface area contributed by atoms with Crippen LogP contribution in [0.1, 0.15) is 19.4 Å². The first-order chi connectivity index (χ1) is 9.60. The van der Waals surface area contributed by atoms with Crippen molar-refractivity contribution in [1.29, 1.82) is 0 Å². The lowest BCUT2D eigenvalue weighted by Gasteiger charge is -2.32. The van der Waals surface area contributed by atoms with Crippen LogP contribution in [-0.4, -0.2) is 55.3 Å². The van der Waals surface area contributed by atoms with Crippen LogP contribution in [0.5, 0.6) is 0 Å². The summed E-state index contributed by atoms with van der Waals surface area (Å²) < 4.78 is 5.58. The average molecular weight is 278 g/mol. The van der Waals surface area contributed by atoms with Crippen molar-refractivity contribution in [3.8, 4) is 0 Å². The minimum absolute atomic E-state index is 0.169. The zero-order valence-electron chi connectivity index (χ0n) is 12.7. The lowest BCUT2D eigenvalue weighted by molar-refractivity contribution is -0.0260. The van der Waals surface area contributed by atoms with Gasteiger partial charge in [0.05, 0.1) is 12.7 Å². The first-order valence-electron chi connectivity index (χ1n) is 7.32. The van der Waals surface area contributed by atoms with Gasteiger partial charge in [0.25, 0.3) is 0 Å². The van der Waals surface area contributed by atoms with E-state index in [9.17, 15) is 0 Å². The Morgan fingerprint density at radius 2 is 2.30 bits per heavy atom. The molecule has 2 rings (SSSR count). The van der Waals surface area contributed by atoms with E-state index in [2.05, 4.69) is 47.8 Å². The van der Waals surface area contributed by atoms with Crippen LogP contribution in [0.4, 0.5) is 5.82 Å². The van der Waals surface area contributed by atoms with Crippen molar-refractivity contribution in [1.82, 2.24) is 9.88 Å². The van der Waals surface area contributed by atoms with Crippen molar-refractivity contribution in [2.75, 3.05) is 38.2 Å². The van der Waals surface area contributed by atoms with E-state index in [4.69, 9.17) is 10.5 Å². The first-order valence-corrected chi connectivity index (χ1v) is 7.32. The van der Waals surface area contributed by atoms with Gasteiger partial charge in [-0.2, -0.15) is 0 Å². The summed E-state index contributed by atoms with van der Waals surface area (Å²) in [6.07, 6.45) is 2.14. The molecule has 0 spiro atoms. The Balaban J connectivity index is 1.93. The highest BCUT2D eigenvalue weighted by Gasteiger charge is 2.19. The van der Waals surface area contributed by atoms with Gasteiger partial charge in [-0.05, 0) is 25.5 Å². The largest absolute Gasteiger partial charge is 0.374 e. The van der Waals surface area contributed by atoms with Crippen LogP contribution in [0.15, 0.2) is 18.3 Å². The van der Waals surface area contributed by atoms with Gasteiger partial charge in [-0.25, -0.2) is 4.98 Å². The third-order valence-corrected chi connectivity index (χ3v) is 3.84. The topological polar surface area (TPSA) is 54.6 Å². The summed E-state index contributed by atoms with van der Waals surface area (Å²) in [6.45, 7) is 8.47. The van der Waals surface area contributed by atoms with Crippen molar-refractivity contribution in [2.45, 2.75) is 32.5 Å². The van der Waals surface area contributed by atoms with Crippen molar-refractivity contribution in [3.63, 3.8) is 0 Å². The molecule has 0 bridgehead atoms. The van der Waals surface area contributed by atoms with Crippen LogP contribution in [0.2, 0.25) is 0 Å². The molecule has 1 aromatic heterocycles. The number of morpholine rings is 1. The first kappa shape index (κ1) is 15.2. The van der Waals surface area contributed by atoms with Gasteiger partial charge in [0.1, 0.15) is 5.82 Å². The Kier molecular flexibility index (Phi) is 5.34. The van der Waals surface area contributed by atoms with Crippen molar-refractivity contribution in [2.24, 2.45) is 5.73 Å². The molecule has 5 nitrogen and oxygen atoms in total. The molecule has 5 heteroatoms. The fourth-order valence-corrected chi connectivity index (χ4v) is 2.31. The summed E-state index contributed by atoms with van der Waals surface area (Å²) in [5.74, 6) is 1.02. The van der Waals surface area contributed by atoms with E-state index in [-0.39, 0.29) is 6.10 Å². The standard InChI is InChI=1S/C15H26N4O/c1-12(2)18(3)15-5-4-13(9-17-15)10-19-6-7-20-14(8-16)11-19/h4-5,9,12,14H,6-8,10-11,16H2,1-3H3. The number of pyridine rings is 1. The van der Waals surface area contributed by atoms with Gasteiger partial charge < -0.3 is 15.4 Å². The molecule has 20 heavy (non-hydrogen) atoms. The van der Waals surface area contributed by atoms with Gasteiger partial charge in [-0.3, -0.25) is 4.90 Å². The van der Waals surface area contributed by atoms with Gasteiger partial charge in [0.15, 0.2) is 0 Å². The fraction of sp³-hybridized carbons (Fsp3) is 0.667.